The molecule has 0 N–H and O–H groups in total. The molecule has 52 valence electrons. The minimum absolute atomic E-state index is 0.285. The summed E-state index contributed by atoms with van der Waals surface area (Å²) in [5.41, 5.74) is 0. The molecule has 1 unspecified atom stereocenters. The van der Waals surface area contributed by atoms with Crippen LogP contribution >= 0.6 is 0 Å². The molecule has 0 saturated carbocycles. The molecule has 0 aromatic carbocycles. The van der Waals surface area contributed by atoms with Crippen molar-refractivity contribution in [1.29, 1.82) is 0 Å². The minimum atomic E-state index is 0.285. The van der Waals surface area contributed by atoms with Crippen LogP contribution in [0.15, 0.2) is 5.10 Å². The van der Waals surface area contributed by atoms with E-state index >= 15 is 0 Å². The molecular weight excluding hydrogens is 116 g/mol. The topological polar surface area (TPSA) is 24.8 Å². The number of nitrogens with zero attached hydrogens (tertiary/aromatic N) is 2. The highest BCUT2D eigenvalue weighted by molar-refractivity contribution is 5.73. The molecule has 1 atom stereocenters. The zero-order valence-corrected chi connectivity index (χ0v) is 6.09. The maximum Gasteiger partial charge on any atom is 0.203 e. The maximum absolute atomic E-state index is 5.26. The Balaban J connectivity index is 2.56. The molecule has 0 fully saturated rings. The van der Waals surface area contributed by atoms with Crippen molar-refractivity contribution in [3.8, 4) is 0 Å². The monoisotopic (exact) mass is 128 g/mol. The molecule has 1 rings (SSSR count). The van der Waals surface area contributed by atoms with Gasteiger partial charge in [0.25, 0.3) is 0 Å². The molecule has 3 heteroatoms. The summed E-state index contributed by atoms with van der Waals surface area (Å²) in [7, 11) is 1.95. The molecule has 0 bridgehead atoms. The van der Waals surface area contributed by atoms with Gasteiger partial charge in [-0.05, 0) is 6.92 Å². The third kappa shape index (κ3) is 1.59. The number of hydrazone groups is 1. The first-order valence-electron chi connectivity index (χ1n) is 3.11. The first-order chi connectivity index (χ1) is 4.18. The molecule has 0 amide bonds. The third-order valence-corrected chi connectivity index (χ3v) is 1.20. The summed E-state index contributed by atoms with van der Waals surface area (Å²) in [5, 5.41) is 5.95. The van der Waals surface area contributed by atoms with Crippen molar-refractivity contribution in [3.63, 3.8) is 0 Å². The maximum atomic E-state index is 5.26. The summed E-state index contributed by atoms with van der Waals surface area (Å²) in [4.78, 5) is 0. The van der Waals surface area contributed by atoms with Crippen LogP contribution in [0, 0.1) is 0 Å². The van der Waals surface area contributed by atoms with Crippen LogP contribution < -0.4 is 0 Å². The third-order valence-electron chi connectivity index (χ3n) is 1.20. The second-order valence-corrected chi connectivity index (χ2v) is 2.39. The first kappa shape index (κ1) is 6.39. The van der Waals surface area contributed by atoms with Crippen molar-refractivity contribution in [3.05, 3.63) is 0 Å². The van der Waals surface area contributed by atoms with Gasteiger partial charge in [-0.1, -0.05) is 0 Å². The molecule has 1 heterocycles. The van der Waals surface area contributed by atoms with Crippen LogP contribution in [0.4, 0.5) is 0 Å². The van der Waals surface area contributed by atoms with Crippen LogP contribution in [0.2, 0.25) is 0 Å². The van der Waals surface area contributed by atoms with E-state index in [1.165, 1.54) is 0 Å². The lowest BCUT2D eigenvalue weighted by Crippen LogP contribution is -2.32. The van der Waals surface area contributed by atoms with Crippen molar-refractivity contribution in [1.82, 2.24) is 5.01 Å². The van der Waals surface area contributed by atoms with E-state index in [0.717, 1.165) is 12.4 Å². The van der Waals surface area contributed by atoms with E-state index < -0.39 is 0 Å². The quantitative estimate of drug-likeness (QED) is 0.479. The molecule has 0 saturated heterocycles. The normalized spacial score (nSPS) is 27.2. The molecule has 0 aliphatic carbocycles. The Labute approximate surface area is 55.3 Å². The molecular formula is C6H12N2O. The first-order valence-corrected chi connectivity index (χ1v) is 3.11. The summed E-state index contributed by atoms with van der Waals surface area (Å²) >= 11 is 0. The Hall–Kier alpha value is -0.730. The van der Waals surface area contributed by atoms with Crippen LogP contribution in [0.5, 0.6) is 0 Å². The summed E-state index contributed by atoms with van der Waals surface area (Å²) in [6, 6.07) is 0. The van der Waals surface area contributed by atoms with Crippen molar-refractivity contribution in [2.45, 2.75) is 20.0 Å². The van der Waals surface area contributed by atoms with E-state index in [1.54, 1.807) is 0 Å². The average Bonchev–Trinajstić information content (AvgIpc) is 1.59. The van der Waals surface area contributed by atoms with Crippen molar-refractivity contribution < 1.29 is 4.74 Å². The van der Waals surface area contributed by atoms with Crippen LogP contribution in [0.3, 0.4) is 0 Å². The van der Waals surface area contributed by atoms with E-state index in [-0.39, 0.29) is 6.10 Å². The number of ether oxygens (including phenoxy) is 1. The number of hydrogen-bond acceptors (Lipinski definition) is 3. The molecule has 0 spiro atoms. The largest absolute Gasteiger partial charge is 0.475 e. The van der Waals surface area contributed by atoms with E-state index in [0.29, 0.717) is 0 Å². The Morgan fingerprint density at radius 2 is 2.44 bits per heavy atom. The van der Waals surface area contributed by atoms with Gasteiger partial charge in [0.15, 0.2) is 0 Å². The SMILES string of the molecule is CC1=NN(C)CC(C)O1. The number of rotatable bonds is 0. The fraction of sp³-hybridized carbons (Fsp3) is 0.833. The van der Waals surface area contributed by atoms with Crippen LogP contribution in [-0.4, -0.2) is 30.6 Å². The Kier molecular flexibility index (Phi) is 1.60. The highest BCUT2D eigenvalue weighted by Crippen LogP contribution is 2.02. The van der Waals surface area contributed by atoms with E-state index in [2.05, 4.69) is 5.10 Å². The van der Waals surface area contributed by atoms with Gasteiger partial charge in [0.2, 0.25) is 5.90 Å². The van der Waals surface area contributed by atoms with E-state index in [4.69, 9.17) is 4.74 Å². The second kappa shape index (κ2) is 2.25. The smallest absolute Gasteiger partial charge is 0.203 e. The Morgan fingerprint density at radius 1 is 1.78 bits per heavy atom. The van der Waals surface area contributed by atoms with Crippen LogP contribution in [-0.2, 0) is 4.74 Å². The van der Waals surface area contributed by atoms with Gasteiger partial charge in [-0.25, -0.2) is 0 Å². The summed E-state index contributed by atoms with van der Waals surface area (Å²) in [6.45, 7) is 4.79. The molecule has 3 nitrogen and oxygen atoms in total. The van der Waals surface area contributed by atoms with Crippen LogP contribution in [0.1, 0.15) is 13.8 Å². The van der Waals surface area contributed by atoms with Gasteiger partial charge >= 0.3 is 0 Å². The summed E-state index contributed by atoms with van der Waals surface area (Å²) in [6.07, 6.45) is 0.285. The predicted molar refractivity (Wildman–Crippen MR) is 36.3 cm³/mol. The van der Waals surface area contributed by atoms with Crippen molar-refractivity contribution in [2.75, 3.05) is 13.6 Å². The molecule has 9 heavy (non-hydrogen) atoms. The van der Waals surface area contributed by atoms with Gasteiger partial charge in [0, 0.05) is 14.0 Å². The zero-order chi connectivity index (χ0) is 6.85. The van der Waals surface area contributed by atoms with Gasteiger partial charge in [-0.3, -0.25) is 5.01 Å². The molecule has 0 aromatic rings. The number of likely N-dealkylation sites (N-methyl/N-ethyl adjacent to an activating group) is 1. The van der Waals surface area contributed by atoms with E-state index in [1.807, 2.05) is 25.9 Å². The summed E-state index contributed by atoms with van der Waals surface area (Å²) in [5.74, 6) is 0.760. The molecule has 0 radical (unpaired) electrons. The van der Waals surface area contributed by atoms with Gasteiger partial charge < -0.3 is 4.74 Å². The van der Waals surface area contributed by atoms with Crippen molar-refractivity contribution >= 4 is 5.90 Å². The van der Waals surface area contributed by atoms with Crippen molar-refractivity contribution in [2.24, 2.45) is 5.10 Å². The minimum Gasteiger partial charge on any atom is -0.475 e. The summed E-state index contributed by atoms with van der Waals surface area (Å²) < 4.78 is 5.26. The van der Waals surface area contributed by atoms with Gasteiger partial charge in [0.05, 0.1) is 6.54 Å². The fourth-order valence-electron chi connectivity index (χ4n) is 1.01. The van der Waals surface area contributed by atoms with Gasteiger partial charge in [-0.15, -0.1) is 5.10 Å². The molecule has 0 aromatic heterocycles. The fourth-order valence-corrected chi connectivity index (χ4v) is 1.01. The molecule has 1 aliphatic heterocycles. The average molecular weight is 128 g/mol. The highest BCUT2D eigenvalue weighted by atomic mass is 16.5. The Bertz CT molecular complexity index is 133. The highest BCUT2D eigenvalue weighted by Gasteiger charge is 2.12. The lowest BCUT2D eigenvalue weighted by molar-refractivity contribution is 0.118. The number of hydrogen-bond donors (Lipinski definition) is 0. The lowest BCUT2D eigenvalue weighted by atomic mass is 10.4. The van der Waals surface area contributed by atoms with E-state index in [9.17, 15) is 0 Å². The molecule has 1 aliphatic rings. The van der Waals surface area contributed by atoms with Gasteiger partial charge in [-0.2, -0.15) is 0 Å². The predicted octanol–water partition coefficient (Wildman–Crippen LogP) is 0.670. The van der Waals surface area contributed by atoms with Gasteiger partial charge in [0.1, 0.15) is 6.10 Å². The zero-order valence-electron chi connectivity index (χ0n) is 6.09. The second-order valence-electron chi connectivity index (χ2n) is 2.39. The lowest BCUT2D eigenvalue weighted by Gasteiger charge is -2.25. The Morgan fingerprint density at radius 3 is 2.89 bits per heavy atom. The van der Waals surface area contributed by atoms with Crippen LogP contribution in [0.25, 0.3) is 0 Å². The standard InChI is InChI=1S/C6H12N2O/c1-5-4-8(3)7-6(2)9-5/h5H,4H2,1-3H3.